The van der Waals surface area contributed by atoms with Crippen LogP contribution in [0.3, 0.4) is 0 Å². The van der Waals surface area contributed by atoms with Gasteiger partial charge in [-0.1, -0.05) is 19.4 Å². The Kier molecular flexibility index (Phi) is 6.21. The molecule has 34 heavy (non-hydrogen) atoms. The molecule has 2 aliphatic rings. The predicted molar refractivity (Wildman–Crippen MR) is 132 cm³/mol. The van der Waals surface area contributed by atoms with E-state index in [4.69, 9.17) is 14.2 Å². The summed E-state index contributed by atoms with van der Waals surface area (Å²) in [6, 6.07) is 7.80. The van der Waals surface area contributed by atoms with Gasteiger partial charge in [-0.25, -0.2) is 4.98 Å². The molecule has 2 atom stereocenters. The second kappa shape index (κ2) is 9.29. The van der Waals surface area contributed by atoms with Crippen LogP contribution in [-0.4, -0.2) is 54.7 Å². The number of hydrogen-bond donors (Lipinski definition) is 0. The zero-order chi connectivity index (χ0) is 23.8. The Bertz CT molecular complexity index is 1270. The molecule has 0 amide bonds. The van der Waals surface area contributed by atoms with Crippen molar-refractivity contribution in [2.45, 2.75) is 39.0 Å². The number of methoxy groups -OCH3 is 2. The van der Waals surface area contributed by atoms with E-state index < -0.39 is 0 Å². The third-order valence-corrected chi connectivity index (χ3v) is 7.32. The quantitative estimate of drug-likeness (QED) is 0.533. The van der Waals surface area contributed by atoms with Gasteiger partial charge in [0.05, 0.1) is 20.8 Å². The minimum atomic E-state index is 0.0336. The molecule has 1 aromatic carbocycles. The van der Waals surface area contributed by atoms with Crippen molar-refractivity contribution in [3.63, 3.8) is 0 Å². The van der Waals surface area contributed by atoms with E-state index in [0.29, 0.717) is 30.5 Å². The van der Waals surface area contributed by atoms with E-state index in [2.05, 4.69) is 22.9 Å². The van der Waals surface area contributed by atoms with Crippen molar-refractivity contribution in [3.8, 4) is 17.2 Å². The van der Waals surface area contributed by atoms with E-state index in [9.17, 15) is 4.79 Å². The summed E-state index contributed by atoms with van der Waals surface area (Å²) in [7, 11) is 3.43. The Morgan fingerprint density at radius 2 is 2.00 bits per heavy atom. The van der Waals surface area contributed by atoms with Crippen LogP contribution >= 0.6 is 0 Å². The molecule has 3 aromatic rings. The predicted octanol–water partition coefficient (Wildman–Crippen LogP) is 3.62. The molecule has 0 spiro atoms. The number of fused-ring (bicyclic) bond motifs is 4. The molecule has 2 aromatic heterocycles. The third-order valence-electron chi connectivity index (χ3n) is 7.32. The topological polar surface area (TPSA) is 65.3 Å². The Morgan fingerprint density at radius 1 is 1.15 bits per heavy atom. The zero-order valence-electron chi connectivity index (χ0n) is 20.5. The highest BCUT2D eigenvalue weighted by molar-refractivity contribution is 5.60. The molecule has 0 saturated carbocycles. The van der Waals surface area contributed by atoms with Crippen LogP contribution in [0, 0.1) is 12.8 Å². The molecule has 7 nitrogen and oxygen atoms in total. The Morgan fingerprint density at radius 3 is 2.76 bits per heavy atom. The number of pyridine rings is 1. The molecule has 5 rings (SSSR count). The maximum absolute atomic E-state index is 13.1. The fourth-order valence-corrected chi connectivity index (χ4v) is 5.63. The number of hydrogen-bond acceptors (Lipinski definition) is 6. The van der Waals surface area contributed by atoms with Crippen LogP contribution < -0.4 is 19.8 Å². The van der Waals surface area contributed by atoms with E-state index in [-0.39, 0.29) is 5.56 Å². The van der Waals surface area contributed by atoms with E-state index in [1.165, 1.54) is 5.56 Å². The zero-order valence-corrected chi connectivity index (χ0v) is 20.5. The molecule has 0 aliphatic carbocycles. The maximum Gasteiger partial charge on any atom is 0.261 e. The van der Waals surface area contributed by atoms with Gasteiger partial charge in [0.2, 0.25) is 0 Å². The fraction of sp³-hybridized carbons (Fsp3) is 0.481. The lowest BCUT2D eigenvalue weighted by Crippen LogP contribution is -2.28. The summed E-state index contributed by atoms with van der Waals surface area (Å²) in [6.45, 7) is 7.48. The molecule has 2 aliphatic heterocycles. The molecule has 0 N–H and O–H groups in total. The number of rotatable bonds is 7. The van der Waals surface area contributed by atoms with Gasteiger partial charge in [-0.3, -0.25) is 9.20 Å². The summed E-state index contributed by atoms with van der Waals surface area (Å²) in [6.07, 6.45) is 4.37. The molecule has 0 radical (unpaired) electrons. The number of aromatic nitrogens is 2. The number of ether oxygens (including phenoxy) is 3. The van der Waals surface area contributed by atoms with Crippen LogP contribution in [0.25, 0.3) is 5.65 Å². The molecule has 180 valence electrons. The molecular weight excluding hydrogens is 430 g/mol. The first kappa shape index (κ1) is 22.7. The fourth-order valence-electron chi connectivity index (χ4n) is 5.63. The molecule has 0 bridgehead atoms. The van der Waals surface area contributed by atoms with Gasteiger partial charge in [-0.2, -0.15) is 0 Å². The SMILES string of the molecule is CCCc1c(OC)cc2c(c1OC)OC[C@@H]1CN(CCc3c(C)nc4ccccn4c3=O)C[C@H]21. The van der Waals surface area contributed by atoms with Crippen molar-refractivity contribution in [1.82, 2.24) is 14.3 Å². The Hall–Kier alpha value is -3.06. The van der Waals surface area contributed by atoms with Crippen molar-refractivity contribution < 1.29 is 14.2 Å². The van der Waals surface area contributed by atoms with Crippen molar-refractivity contribution in [1.29, 1.82) is 0 Å². The van der Waals surface area contributed by atoms with Gasteiger partial charge < -0.3 is 19.1 Å². The second-order valence-electron chi connectivity index (χ2n) is 9.36. The second-order valence-corrected chi connectivity index (χ2v) is 9.36. The van der Waals surface area contributed by atoms with Crippen LogP contribution in [0.4, 0.5) is 0 Å². The van der Waals surface area contributed by atoms with Gasteiger partial charge in [-0.05, 0) is 38.0 Å². The van der Waals surface area contributed by atoms with Gasteiger partial charge in [0.15, 0.2) is 11.5 Å². The highest BCUT2D eigenvalue weighted by Gasteiger charge is 2.41. The summed E-state index contributed by atoms with van der Waals surface area (Å²) in [5.74, 6) is 3.35. The van der Waals surface area contributed by atoms with Crippen LogP contribution in [0.2, 0.25) is 0 Å². The third kappa shape index (κ3) is 3.82. The number of aryl methyl sites for hydroxylation is 1. The van der Waals surface area contributed by atoms with Gasteiger partial charge in [0.1, 0.15) is 11.4 Å². The van der Waals surface area contributed by atoms with Crippen molar-refractivity contribution in [2.75, 3.05) is 40.5 Å². The minimum Gasteiger partial charge on any atom is -0.496 e. The number of likely N-dealkylation sites (tertiary alicyclic amines) is 1. The maximum atomic E-state index is 13.1. The summed E-state index contributed by atoms with van der Waals surface area (Å²) in [5.41, 5.74) is 4.60. The van der Waals surface area contributed by atoms with E-state index >= 15 is 0 Å². The smallest absolute Gasteiger partial charge is 0.261 e. The van der Waals surface area contributed by atoms with Crippen LogP contribution in [-0.2, 0) is 12.8 Å². The van der Waals surface area contributed by atoms with Crippen LogP contribution in [0.1, 0.15) is 41.6 Å². The minimum absolute atomic E-state index is 0.0336. The van der Waals surface area contributed by atoms with Crippen molar-refractivity contribution in [3.05, 3.63) is 63.2 Å². The van der Waals surface area contributed by atoms with Crippen LogP contribution in [0.5, 0.6) is 17.2 Å². The summed E-state index contributed by atoms with van der Waals surface area (Å²) in [4.78, 5) is 20.1. The summed E-state index contributed by atoms with van der Waals surface area (Å²) >= 11 is 0. The monoisotopic (exact) mass is 463 g/mol. The van der Waals surface area contributed by atoms with Crippen molar-refractivity contribution in [2.24, 2.45) is 5.92 Å². The van der Waals surface area contributed by atoms with E-state index in [1.54, 1.807) is 24.8 Å². The molecule has 7 heteroatoms. The van der Waals surface area contributed by atoms with Gasteiger partial charge >= 0.3 is 0 Å². The van der Waals surface area contributed by atoms with Gasteiger partial charge in [0.25, 0.3) is 5.56 Å². The molecular formula is C27H33N3O4. The lowest BCUT2D eigenvalue weighted by Gasteiger charge is -2.30. The molecule has 0 unspecified atom stereocenters. The molecule has 4 heterocycles. The molecule has 1 fully saturated rings. The lowest BCUT2D eigenvalue weighted by atomic mass is 9.85. The lowest BCUT2D eigenvalue weighted by molar-refractivity contribution is 0.202. The van der Waals surface area contributed by atoms with Gasteiger partial charge in [-0.15, -0.1) is 0 Å². The van der Waals surface area contributed by atoms with Crippen molar-refractivity contribution >= 4 is 5.65 Å². The average Bonchev–Trinajstić information content (AvgIpc) is 3.27. The highest BCUT2D eigenvalue weighted by Crippen LogP contribution is 2.50. The number of nitrogens with zero attached hydrogens (tertiary/aromatic N) is 3. The summed E-state index contributed by atoms with van der Waals surface area (Å²) in [5, 5.41) is 0. The Labute approximate surface area is 200 Å². The first-order valence-corrected chi connectivity index (χ1v) is 12.1. The number of benzene rings is 1. The first-order valence-electron chi connectivity index (χ1n) is 12.1. The first-order chi connectivity index (χ1) is 16.5. The van der Waals surface area contributed by atoms with E-state index in [0.717, 1.165) is 66.5 Å². The Balaban J connectivity index is 1.38. The van der Waals surface area contributed by atoms with Gasteiger partial charge in [0, 0.05) is 60.1 Å². The molecule has 1 saturated heterocycles. The standard InChI is InChI=1S/C27H33N3O4/c1-5-8-20-23(32-3)13-21-22-15-29(14-18(22)16-34-26(21)25(20)33-4)12-10-19-17(2)28-24-9-6-7-11-30(24)27(19)31/h6-7,9,11,13,18,22H,5,8,10,12,14-16H2,1-4H3/t18-,22-/m0/s1. The summed E-state index contributed by atoms with van der Waals surface area (Å²) < 4.78 is 19.5. The van der Waals surface area contributed by atoms with E-state index in [1.807, 2.05) is 25.1 Å². The normalized spacial score (nSPS) is 19.5. The highest BCUT2D eigenvalue weighted by atomic mass is 16.5. The average molecular weight is 464 g/mol. The largest absolute Gasteiger partial charge is 0.496 e. The van der Waals surface area contributed by atoms with Crippen LogP contribution in [0.15, 0.2) is 35.3 Å².